The van der Waals surface area contributed by atoms with E-state index >= 15 is 4.39 Å². The van der Waals surface area contributed by atoms with E-state index in [1.54, 1.807) is 13.0 Å². The van der Waals surface area contributed by atoms with Crippen molar-refractivity contribution < 1.29 is 32.9 Å². The number of amides is 1. The lowest BCUT2D eigenvalue weighted by atomic mass is 9.78. The van der Waals surface area contributed by atoms with Gasteiger partial charge in [-0.15, -0.1) is 0 Å². The SMILES string of the molecule is CCOC(=O)C(OC(C)(C)C)c1c(C)c2c(c(C)c1-c1cc(F)c3c(c1C)CCCO3)CN(C1CCOCC1)C(=O)C2. The molecule has 1 fully saturated rings. The third kappa shape index (κ3) is 5.68. The highest BCUT2D eigenvalue weighted by Gasteiger charge is 2.39. The smallest absolute Gasteiger partial charge is 0.339 e. The maximum Gasteiger partial charge on any atom is 0.339 e. The first-order valence-corrected chi connectivity index (χ1v) is 15.2. The first-order valence-electron chi connectivity index (χ1n) is 15.2. The van der Waals surface area contributed by atoms with Gasteiger partial charge in [0.1, 0.15) is 0 Å². The average Bonchev–Trinajstić information content (AvgIpc) is 2.96. The molecule has 1 unspecified atom stereocenters. The van der Waals surface area contributed by atoms with Gasteiger partial charge in [0.25, 0.3) is 0 Å². The number of hydrogen-bond acceptors (Lipinski definition) is 6. The van der Waals surface area contributed by atoms with Crippen molar-refractivity contribution in [2.45, 2.75) is 105 Å². The van der Waals surface area contributed by atoms with Gasteiger partial charge >= 0.3 is 5.97 Å². The van der Waals surface area contributed by atoms with Crippen molar-refractivity contribution in [1.29, 1.82) is 0 Å². The third-order valence-corrected chi connectivity index (χ3v) is 8.87. The summed E-state index contributed by atoms with van der Waals surface area (Å²) in [4.78, 5) is 29.2. The van der Waals surface area contributed by atoms with Crippen LogP contribution in [0.25, 0.3) is 11.1 Å². The van der Waals surface area contributed by atoms with E-state index in [9.17, 15) is 9.59 Å². The normalized spacial score (nSPS) is 18.3. The summed E-state index contributed by atoms with van der Waals surface area (Å²) >= 11 is 0. The van der Waals surface area contributed by atoms with Crippen LogP contribution in [0.4, 0.5) is 4.39 Å². The lowest BCUT2D eigenvalue weighted by molar-refractivity contribution is -0.166. The van der Waals surface area contributed by atoms with Crippen LogP contribution < -0.4 is 4.74 Å². The number of ether oxygens (including phenoxy) is 4. The summed E-state index contributed by atoms with van der Waals surface area (Å²) in [7, 11) is 0. The molecule has 0 bridgehead atoms. The molecule has 1 amide bonds. The number of carbonyl (C=O) groups is 2. The Morgan fingerprint density at radius 2 is 1.79 bits per heavy atom. The summed E-state index contributed by atoms with van der Waals surface area (Å²) < 4.78 is 39.0. The Balaban J connectivity index is 1.78. The van der Waals surface area contributed by atoms with Crippen LogP contribution in [0.2, 0.25) is 0 Å². The van der Waals surface area contributed by atoms with Crippen LogP contribution in [0.3, 0.4) is 0 Å². The van der Waals surface area contributed by atoms with Crippen molar-refractivity contribution in [1.82, 2.24) is 4.90 Å². The summed E-state index contributed by atoms with van der Waals surface area (Å²) in [5.41, 5.74) is 6.99. The molecule has 7 nitrogen and oxygen atoms in total. The van der Waals surface area contributed by atoms with Crippen LogP contribution in [0.15, 0.2) is 6.07 Å². The van der Waals surface area contributed by atoms with E-state index < -0.39 is 23.5 Å². The average molecular weight is 582 g/mol. The predicted octanol–water partition coefficient (Wildman–Crippen LogP) is 6.23. The summed E-state index contributed by atoms with van der Waals surface area (Å²) in [6.07, 6.45) is 2.33. The van der Waals surface area contributed by atoms with Crippen molar-refractivity contribution in [3.8, 4) is 16.9 Å². The molecule has 0 aliphatic carbocycles. The molecule has 5 rings (SSSR count). The van der Waals surface area contributed by atoms with Crippen LogP contribution in [0, 0.1) is 26.6 Å². The number of hydrogen-bond donors (Lipinski definition) is 0. The highest BCUT2D eigenvalue weighted by Crippen LogP contribution is 2.46. The second-order valence-corrected chi connectivity index (χ2v) is 12.7. The predicted molar refractivity (Wildman–Crippen MR) is 158 cm³/mol. The van der Waals surface area contributed by atoms with Crippen molar-refractivity contribution in [2.24, 2.45) is 0 Å². The molecule has 0 saturated carbocycles. The fourth-order valence-corrected chi connectivity index (χ4v) is 6.84. The lowest BCUT2D eigenvalue weighted by Crippen LogP contribution is -2.46. The summed E-state index contributed by atoms with van der Waals surface area (Å²) in [6, 6.07) is 1.67. The molecule has 0 radical (unpaired) electrons. The van der Waals surface area contributed by atoms with Crippen LogP contribution in [-0.2, 0) is 43.2 Å². The van der Waals surface area contributed by atoms with E-state index in [-0.39, 0.29) is 25.0 Å². The highest BCUT2D eigenvalue weighted by atomic mass is 19.1. The van der Waals surface area contributed by atoms with Crippen molar-refractivity contribution in [2.75, 3.05) is 26.4 Å². The first kappa shape index (κ1) is 30.5. The Bertz CT molecular complexity index is 1390. The van der Waals surface area contributed by atoms with E-state index in [2.05, 4.69) is 0 Å². The van der Waals surface area contributed by atoms with Gasteiger partial charge in [0.2, 0.25) is 5.91 Å². The van der Waals surface area contributed by atoms with Crippen LogP contribution >= 0.6 is 0 Å². The fraction of sp³-hybridized carbons (Fsp3) is 0.588. The van der Waals surface area contributed by atoms with Crippen molar-refractivity contribution >= 4 is 11.9 Å². The van der Waals surface area contributed by atoms with Crippen LogP contribution in [-0.4, -0.2) is 54.8 Å². The van der Waals surface area contributed by atoms with Gasteiger partial charge in [-0.25, -0.2) is 9.18 Å². The Kier molecular flexibility index (Phi) is 8.68. The molecule has 0 aromatic heterocycles. The van der Waals surface area contributed by atoms with Crippen LogP contribution in [0.5, 0.6) is 5.75 Å². The number of rotatable bonds is 6. The Morgan fingerprint density at radius 3 is 2.45 bits per heavy atom. The third-order valence-electron chi connectivity index (χ3n) is 8.87. The Morgan fingerprint density at radius 1 is 1.07 bits per heavy atom. The molecular weight excluding hydrogens is 537 g/mol. The minimum atomic E-state index is -1.05. The molecule has 3 aliphatic heterocycles. The minimum absolute atomic E-state index is 0.0770. The fourth-order valence-electron chi connectivity index (χ4n) is 6.84. The Labute approximate surface area is 248 Å². The topological polar surface area (TPSA) is 74.3 Å². The molecule has 0 spiro atoms. The largest absolute Gasteiger partial charge is 0.490 e. The number of fused-ring (bicyclic) bond motifs is 2. The van der Waals surface area contributed by atoms with Gasteiger partial charge in [0.15, 0.2) is 17.7 Å². The zero-order chi connectivity index (χ0) is 30.3. The quantitative estimate of drug-likeness (QED) is 0.377. The maximum absolute atomic E-state index is 15.7. The zero-order valence-corrected chi connectivity index (χ0v) is 26.1. The zero-order valence-electron chi connectivity index (χ0n) is 26.1. The first-order chi connectivity index (χ1) is 19.9. The van der Waals surface area contributed by atoms with Gasteiger partial charge in [0, 0.05) is 36.9 Å². The number of carbonyl (C=O) groups excluding carboxylic acids is 2. The van der Waals surface area contributed by atoms with Gasteiger partial charge in [-0.1, -0.05) is 0 Å². The monoisotopic (exact) mass is 581 g/mol. The maximum atomic E-state index is 15.7. The second kappa shape index (κ2) is 12.0. The van der Waals surface area contributed by atoms with Gasteiger partial charge in [-0.2, -0.15) is 0 Å². The number of halogens is 1. The lowest BCUT2D eigenvalue weighted by Gasteiger charge is -2.40. The summed E-state index contributed by atoms with van der Waals surface area (Å²) in [6.45, 7) is 15.9. The number of benzene rings is 2. The molecule has 2 aromatic carbocycles. The van der Waals surface area contributed by atoms with E-state index in [1.807, 2.05) is 46.4 Å². The molecule has 42 heavy (non-hydrogen) atoms. The van der Waals surface area contributed by atoms with E-state index in [4.69, 9.17) is 18.9 Å². The standard InChI is InChI=1S/C34H44FNO6/c1-8-40-33(38)32(42-34(5,6)7)30-20(3)24-17-28(37)36(22-11-14-39-15-12-22)18-26(24)21(4)29(30)25-16-27(35)31-23(19(25)2)10-9-13-41-31/h16,22,32H,8-15,17-18H2,1-7H3. The summed E-state index contributed by atoms with van der Waals surface area (Å²) in [5.74, 6) is -0.510. The molecule has 0 N–H and O–H groups in total. The number of esters is 1. The van der Waals surface area contributed by atoms with Crippen molar-refractivity contribution in [3.05, 3.63) is 50.8 Å². The number of nitrogens with zero attached hydrogens (tertiary/aromatic N) is 1. The van der Waals surface area contributed by atoms with Crippen LogP contribution in [0.1, 0.15) is 92.0 Å². The molecule has 2 aromatic rings. The molecule has 1 saturated heterocycles. The summed E-state index contributed by atoms with van der Waals surface area (Å²) in [5, 5.41) is 0. The van der Waals surface area contributed by atoms with Gasteiger partial charge in [-0.3, -0.25) is 4.79 Å². The molecule has 3 aliphatic rings. The second-order valence-electron chi connectivity index (χ2n) is 12.7. The van der Waals surface area contributed by atoms with E-state index in [0.29, 0.717) is 37.7 Å². The molecule has 8 heteroatoms. The van der Waals surface area contributed by atoms with E-state index in [0.717, 1.165) is 70.2 Å². The molecule has 3 heterocycles. The molecule has 1 atom stereocenters. The van der Waals surface area contributed by atoms with Crippen molar-refractivity contribution in [3.63, 3.8) is 0 Å². The van der Waals surface area contributed by atoms with Gasteiger partial charge in [0.05, 0.1) is 25.2 Å². The molecular formula is C34H44FNO6. The minimum Gasteiger partial charge on any atom is -0.490 e. The van der Waals surface area contributed by atoms with Gasteiger partial charge in [-0.05, 0) is 119 Å². The van der Waals surface area contributed by atoms with Gasteiger partial charge < -0.3 is 23.8 Å². The van der Waals surface area contributed by atoms with E-state index in [1.165, 1.54) is 0 Å². The highest BCUT2D eigenvalue weighted by molar-refractivity contribution is 5.89. The molecule has 228 valence electrons. The Hall–Kier alpha value is -2.97.